The van der Waals surface area contributed by atoms with E-state index in [1.165, 1.54) is 23.5 Å². The number of rotatable bonds is 6. The minimum Gasteiger partial charge on any atom is -0.272 e. The van der Waals surface area contributed by atoms with Gasteiger partial charge in [-0.3, -0.25) is 8.49 Å². The third kappa shape index (κ3) is 3.37. The number of nitrogens with zero attached hydrogens (tertiary/aromatic N) is 1. The zero-order valence-corrected chi connectivity index (χ0v) is 17.2. The van der Waals surface area contributed by atoms with Crippen LogP contribution in [0.5, 0.6) is 0 Å². The van der Waals surface area contributed by atoms with Gasteiger partial charge in [-0.05, 0) is 50.5 Å². The fourth-order valence-electron chi connectivity index (χ4n) is 3.38. The number of para-hydroxylation sites is 1. The Kier molecular flexibility index (Phi) is 5.09. The molecule has 146 valence electrons. The van der Waals surface area contributed by atoms with E-state index in [0.717, 1.165) is 11.1 Å². The first-order valence-corrected chi connectivity index (χ1v) is 11.5. The van der Waals surface area contributed by atoms with E-state index in [1.54, 1.807) is 37.3 Å². The molecule has 8 heteroatoms. The smallest absolute Gasteiger partial charge is 0.272 e. The van der Waals surface area contributed by atoms with E-state index in [4.69, 9.17) is 4.18 Å². The molecule has 0 amide bonds. The second kappa shape index (κ2) is 6.92. The molecule has 0 fully saturated rings. The van der Waals surface area contributed by atoms with Crippen LogP contribution in [0.4, 0.5) is 5.69 Å². The topological polar surface area (TPSA) is 80.8 Å². The van der Waals surface area contributed by atoms with Crippen molar-refractivity contribution in [1.29, 1.82) is 0 Å². The van der Waals surface area contributed by atoms with Crippen molar-refractivity contribution in [2.24, 2.45) is 0 Å². The van der Waals surface area contributed by atoms with Crippen LogP contribution in [0, 0.1) is 6.92 Å². The third-order valence-corrected chi connectivity index (χ3v) is 8.90. The minimum absolute atomic E-state index is 0.0762. The quantitative estimate of drug-likeness (QED) is 0.541. The average Bonchev–Trinajstić information content (AvgIpc) is 2.78. The number of hydrogen-bond donors (Lipinski definition) is 0. The van der Waals surface area contributed by atoms with Crippen LogP contribution in [0.3, 0.4) is 0 Å². The van der Waals surface area contributed by atoms with Gasteiger partial charge in [-0.1, -0.05) is 35.9 Å². The molecule has 1 aliphatic rings. The summed E-state index contributed by atoms with van der Waals surface area (Å²) in [6.45, 7) is 3.47. The Labute approximate surface area is 161 Å². The van der Waals surface area contributed by atoms with Gasteiger partial charge in [0.25, 0.3) is 10.1 Å². The van der Waals surface area contributed by atoms with Gasteiger partial charge >= 0.3 is 0 Å². The largest absolute Gasteiger partial charge is 0.296 e. The lowest BCUT2D eigenvalue weighted by Gasteiger charge is -2.24. The molecule has 0 radical (unpaired) electrons. The summed E-state index contributed by atoms with van der Waals surface area (Å²) in [5.74, 6) is 0. The molecule has 3 rings (SSSR count). The zero-order chi connectivity index (χ0) is 19.9. The summed E-state index contributed by atoms with van der Waals surface area (Å²) in [6.07, 6.45) is 0.559. The number of sulfonamides is 1. The molecule has 0 saturated carbocycles. The van der Waals surface area contributed by atoms with Crippen LogP contribution in [-0.4, -0.2) is 30.5 Å². The molecule has 1 atom stereocenters. The van der Waals surface area contributed by atoms with Crippen LogP contribution in [0.15, 0.2) is 53.4 Å². The van der Waals surface area contributed by atoms with Crippen molar-refractivity contribution in [3.05, 3.63) is 59.7 Å². The molecule has 1 unspecified atom stereocenters. The first kappa shape index (κ1) is 19.9. The normalized spacial score (nSPS) is 21.2. The molecule has 0 aliphatic carbocycles. The highest BCUT2D eigenvalue weighted by Gasteiger charge is 2.50. The summed E-state index contributed by atoms with van der Waals surface area (Å²) in [5, 5.41) is 0. The highest BCUT2D eigenvalue weighted by molar-refractivity contribution is 7.94. The molecule has 2 aromatic carbocycles. The van der Waals surface area contributed by atoms with E-state index >= 15 is 0 Å². The summed E-state index contributed by atoms with van der Waals surface area (Å²) in [4.78, 5) is 0.0953. The van der Waals surface area contributed by atoms with Gasteiger partial charge in [0.1, 0.15) is 4.75 Å². The van der Waals surface area contributed by atoms with Crippen molar-refractivity contribution < 1.29 is 21.0 Å². The maximum absolute atomic E-state index is 12.9. The third-order valence-electron chi connectivity index (χ3n) is 5.09. The lowest BCUT2D eigenvalue weighted by Crippen LogP contribution is -2.36. The van der Waals surface area contributed by atoms with Crippen LogP contribution in [0.1, 0.15) is 30.9 Å². The molecule has 0 aromatic heterocycles. The average molecular weight is 410 g/mol. The van der Waals surface area contributed by atoms with E-state index < -0.39 is 24.9 Å². The van der Waals surface area contributed by atoms with Gasteiger partial charge in [-0.25, -0.2) is 8.42 Å². The molecular formula is C19H23NO5S2. The van der Waals surface area contributed by atoms with Crippen molar-refractivity contribution in [3.63, 3.8) is 0 Å². The molecule has 6 nitrogen and oxygen atoms in total. The van der Waals surface area contributed by atoms with Crippen molar-refractivity contribution >= 4 is 25.8 Å². The Hall–Kier alpha value is -1.90. The van der Waals surface area contributed by atoms with Crippen LogP contribution in [0.2, 0.25) is 0 Å². The molecule has 1 heterocycles. The van der Waals surface area contributed by atoms with Gasteiger partial charge in [-0.15, -0.1) is 0 Å². The van der Waals surface area contributed by atoms with E-state index in [2.05, 4.69) is 0 Å². The van der Waals surface area contributed by atoms with Crippen LogP contribution >= 0.6 is 0 Å². The van der Waals surface area contributed by atoms with E-state index in [-0.39, 0.29) is 17.9 Å². The SMILES string of the molecule is Cc1ccc(S(=O)(=O)OCCCC2(C)c3ccccc3N(C)S2(=O)=O)cc1. The molecule has 27 heavy (non-hydrogen) atoms. The highest BCUT2D eigenvalue weighted by Crippen LogP contribution is 2.48. The predicted octanol–water partition coefficient (Wildman–Crippen LogP) is 3.18. The number of benzene rings is 2. The zero-order valence-electron chi connectivity index (χ0n) is 15.5. The molecule has 1 aliphatic heterocycles. The van der Waals surface area contributed by atoms with E-state index in [1.807, 2.05) is 13.0 Å². The number of anilines is 1. The number of aryl methyl sites for hydroxylation is 1. The van der Waals surface area contributed by atoms with Gasteiger partial charge in [0.2, 0.25) is 10.0 Å². The number of hydrogen-bond acceptors (Lipinski definition) is 5. The highest BCUT2D eigenvalue weighted by atomic mass is 32.2. The van der Waals surface area contributed by atoms with Crippen LogP contribution in [-0.2, 0) is 29.1 Å². The maximum atomic E-state index is 12.9. The Morgan fingerprint density at radius 3 is 2.37 bits per heavy atom. The Morgan fingerprint density at radius 1 is 1.07 bits per heavy atom. The van der Waals surface area contributed by atoms with Gasteiger partial charge in [-0.2, -0.15) is 8.42 Å². The fraction of sp³-hybridized carbons (Fsp3) is 0.368. The molecule has 2 aromatic rings. The standard InChI is InChI=1S/C19H23NO5S2/c1-15-9-11-16(12-10-15)26(21,22)25-14-6-13-19(2)17-7-4-5-8-18(17)20(3)27(19,23)24/h4-5,7-12H,6,13-14H2,1-3H3. The molecule has 0 spiro atoms. The van der Waals surface area contributed by atoms with Gasteiger partial charge in [0.05, 0.1) is 17.2 Å². The van der Waals surface area contributed by atoms with Gasteiger partial charge in [0.15, 0.2) is 0 Å². The van der Waals surface area contributed by atoms with Gasteiger partial charge < -0.3 is 0 Å². The Bertz CT molecular complexity index is 1050. The van der Waals surface area contributed by atoms with Crippen molar-refractivity contribution in [1.82, 2.24) is 0 Å². The van der Waals surface area contributed by atoms with Crippen LogP contribution in [0.25, 0.3) is 0 Å². The van der Waals surface area contributed by atoms with Gasteiger partial charge in [0, 0.05) is 7.05 Å². The Morgan fingerprint density at radius 2 is 1.70 bits per heavy atom. The summed E-state index contributed by atoms with van der Waals surface area (Å²) in [5.41, 5.74) is 2.35. The minimum atomic E-state index is -3.85. The lowest BCUT2D eigenvalue weighted by atomic mass is 9.94. The maximum Gasteiger partial charge on any atom is 0.296 e. The fourth-order valence-corrected chi connectivity index (χ4v) is 6.20. The first-order chi connectivity index (χ1) is 12.6. The van der Waals surface area contributed by atoms with E-state index in [9.17, 15) is 16.8 Å². The predicted molar refractivity (Wildman–Crippen MR) is 105 cm³/mol. The number of fused-ring (bicyclic) bond motifs is 1. The molecule has 0 N–H and O–H groups in total. The first-order valence-electron chi connectivity index (χ1n) is 8.64. The van der Waals surface area contributed by atoms with Crippen molar-refractivity contribution in [2.45, 2.75) is 36.3 Å². The monoisotopic (exact) mass is 409 g/mol. The summed E-state index contributed by atoms with van der Waals surface area (Å²) >= 11 is 0. The molecule has 0 saturated heterocycles. The van der Waals surface area contributed by atoms with Crippen LogP contribution < -0.4 is 4.31 Å². The second-order valence-corrected chi connectivity index (χ2v) is 10.9. The van der Waals surface area contributed by atoms with Crippen molar-refractivity contribution in [2.75, 3.05) is 18.0 Å². The van der Waals surface area contributed by atoms with Crippen molar-refractivity contribution in [3.8, 4) is 0 Å². The summed E-state index contributed by atoms with van der Waals surface area (Å²) < 4.78 is 55.6. The molecule has 0 bridgehead atoms. The molecular weight excluding hydrogens is 386 g/mol. The van der Waals surface area contributed by atoms with E-state index in [0.29, 0.717) is 12.1 Å². The summed E-state index contributed by atoms with van der Waals surface area (Å²) in [6, 6.07) is 13.6. The second-order valence-electron chi connectivity index (χ2n) is 6.91. The summed E-state index contributed by atoms with van der Waals surface area (Å²) in [7, 11) is -5.88. The Balaban J connectivity index is 1.71. The lowest BCUT2D eigenvalue weighted by molar-refractivity contribution is 0.301.